The third kappa shape index (κ3) is 5.14. The van der Waals surface area contributed by atoms with Gasteiger partial charge in [-0.25, -0.2) is 4.79 Å². The van der Waals surface area contributed by atoms with Crippen LogP contribution < -0.4 is 25.4 Å². The number of rotatable bonds is 5. The molecule has 9 heteroatoms. The van der Waals surface area contributed by atoms with Gasteiger partial charge >= 0.3 is 5.97 Å². The summed E-state index contributed by atoms with van der Waals surface area (Å²) in [6.07, 6.45) is 0.545. The summed E-state index contributed by atoms with van der Waals surface area (Å²) in [6, 6.07) is 8.52. The highest BCUT2D eigenvalue weighted by molar-refractivity contribution is 5.93. The molecule has 2 amide bonds. The maximum atomic E-state index is 13.2. The van der Waals surface area contributed by atoms with Crippen molar-refractivity contribution in [1.82, 2.24) is 16.0 Å². The van der Waals surface area contributed by atoms with E-state index in [0.717, 1.165) is 16.7 Å². The van der Waals surface area contributed by atoms with Gasteiger partial charge in [-0.2, -0.15) is 0 Å². The van der Waals surface area contributed by atoms with Gasteiger partial charge in [0, 0.05) is 17.5 Å². The number of amides is 2. The van der Waals surface area contributed by atoms with Crippen LogP contribution in [0.25, 0.3) is 11.1 Å². The number of fused-ring (bicyclic) bond motifs is 5. The van der Waals surface area contributed by atoms with Crippen LogP contribution >= 0.6 is 0 Å². The normalized spacial score (nSPS) is 20.4. The van der Waals surface area contributed by atoms with Crippen molar-refractivity contribution in [2.75, 3.05) is 28.4 Å². The molecule has 1 aliphatic rings. The van der Waals surface area contributed by atoms with Gasteiger partial charge in [0.05, 0.1) is 21.3 Å². The Balaban J connectivity index is 2.24. The highest BCUT2D eigenvalue weighted by Gasteiger charge is 2.30. The van der Waals surface area contributed by atoms with Crippen LogP contribution in [0, 0.1) is 0 Å². The molecule has 1 unspecified atom stereocenters. The number of benzene rings is 2. The van der Waals surface area contributed by atoms with Crippen molar-refractivity contribution in [3.8, 4) is 22.6 Å². The second-order valence-corrected chi connectivity index (χ2v) is 7.97. The number of methoxy groups -OCH3 is 3. The molecule has 0 radical (unpaired) electrons. The largest absolute Gasteiger partial charge is 0.496 e. The number of esters is 1. The number of carbonyl (C=O) groups is 3. The zero-order chi connectivity index (χ0) is 24.8. The lowest BCUT2D eigenvalue weighted by Crippen LogP contribution is -2.53. The molecule has 4 bridgehead atoms. The Bertz CT molecular complexity index is 1070. The van der Waals surface area contributed by atoms with Gasteiger partial charge in [0.2, 0.25) is 11.8 Å². The van der Waals surface area contributed by atoms with Crippen LogP contribution in [0.3, 0.4) is 0 Å². The highest BCUT2D eigenvalue weighted by atomic mass is 16.5. The molecule has 2 aromatic rings. The van der Waals surface area contributed by atoms with Crippen molar-refractivity contribution in [3.05, 3.63) is 47.5 Å². The van der Waals surface area contributed by atoms with Crippen molar-refractivity contribution in [2.24, 2.45) is 0 Å². The summed E-state index contributed by atoms with van der Waals surface area (Å²) < 4.78 is 16.1. The van der Waals surface area contributed by atoms with E-state index in [9.17, 15) is 14.4 Å². The Morgan fingerprint density at radius 3 is 2.21 bits per heavy atom. The second kappa shape index (κ2) is 11.0. The van der Waals surface area contributed by atoms with Gasteiger partial charge in [-0.05, 0) is 48.9 Å². The summed E-state index contributed by atoms with van der Waals surface area (Å²) >= 11 is 0. The molecule has 0 aromatic heterocycles. The maximum absolute atomic E-state index is 13.2. The number of hydrogen-bond acceptors (Lipinski definition) is 7. The molecule has 34 heavy (non-hydrogen) atoms. The van der Waals surface area contributed by atoms with Crippen molar-refractivity contribution >= 4 is 17.8 Å². The molecular weight excluding hydrogens is 438 g/mol. The predicted octanol–water partition coefficient (Wildman–Crippen LogP) is 1.74. The van der Waals surface area contributed by atoms with Crippen LogP contribution in [-0.2, 0) is 25.5 Å². The molecule has 1 heterocycles. The second-order valence-electron chi connectivity index (χ2n) is 7.97. The fourth-order valence-corrected chi connectivity index (χ4v) is 4.11. The average Bonchev–Trinajstić information content (AvgIpc) is 2.85. The first-order valence-corrected chi connectivity index (χ1v) is 11.1. The summed E-state index contributed by atoms with van der Waals surface area (Å²) in [5.74, 6) is -0.200. The van der Waals surface area contributed by atoms with E-state index in [2.05, 4.69) is 16.0 Å². The molecule has 0 fully saturated rings. The molecule has 9 nitrogen and oxygen atoms in total. The fraction of sp³-hybridized carbons (Fsp3) is 0.400. The molecule has 3 N–H and O–H groups in total. The molecule has 1 aliphatic heterocycles. The number of nitrogens with one attached hydrogen (secondary N) is 3. The summed E-state index contributed by atoms with van der Waals surface area (Å²) in [7, 11) is 6.09. The van der Waals surface area contributed by atoms with Crippen LogP contribution in [-0.4, -0.2) is 58.2 Å². The van der Waals surface area contributed by atoms with Gasteiger partial charge in [-0.3, -0.25) is 9.59 Å². The van der Waals surface area contributed by atoms with E-state index in [1.54, 1.807) is 46.4 Å². The van der Waals surface area contributed by atoms with Gasteiger partial charge < -0.3 is 30.2 Å². The highest BCUT2D eigenvalue weighted by Crippen LogP contribution is 2.39. The zero-order valence-corrected chi connectivity index (χ0v) is 20.1. The first-order valence-electron chi connectivity index (χ1n) is 11.1. The predicted molar refractivity (Wildman–Crippen MR) is 127 cm³/mol. The maximum Gasteiger partial charge on any atom is 0.328 e. The number of hydrogen-bond donors (Lipinski definition) is 3. The van der Waals surface area contributed by atoms with Crippen LogP contribution in [0.2, 0.25) is 0 Å². The monoisotopic (exact) mass is 469 g/mol. The van der Waals surface area contributed by atoms with Crippen molar-refractivity contribution in [3.63, 3.8) is 0 Å². The molecule has 0 saturated carbocycles. The van der Waals surface area contributed by atoms with Crippen LogP contribution in [0.1, 0.15) is 30.5 Å². The Kier molecular flexibility index (Phi) is 8.12. The molecule has 3 atom stereocenters. The van der Waals surface area contributed by atoms with Gasteiger partial charge in [0.15, 0.2) is 0 Å². The van der Waals surface area contributed by atoms with Gasteiger partial charge in [-0.15, -0.1) is 0 Å². The number of carbonyl (C=O) groups excluding carboxylic acids is 3. The SMILES string of the molecule is CC[C@@H]1NC(=O)[C@@H](NC)c2ccc(OC)c(c2)-c2cc(ccc2OC)CC(C(=O)OC)NC1=O. The summed E-state index contributed by atoms with van der Waals surface area (Å²) in [5, 5.41) is 8.55. The van der Waals surface area contributed by atoms with Crippen LogP contribution in [0.5, 0.6) is 11.5 Å². The molecular formula is C25H31N3O6. The van der Waals surface area contributed by atoms with E-state index in [4.69, 9.17) is 14.2 Å². The van der Waals surface area contributed by atoms with Crippen molar-refractivity contribution in [1.29, 1.82) is 0 Å². The number of likely N-dealkylation sites (N-methyl/N-ethyl adjacent to an activating group) is 1. The van der Waals surface area contributed by atoms with Gasteiger partial charge in [0.1, 0.15) is 29.6 Å². The van der Waals surface area contributed by atoms with Crippen LogP contribution in [0.4, 0.5) is 0 Å². The van der Waals surface area contributed by atoms with E-state index in [0.29, 0.717) is 23.5 Å². The van der Waals surface area contributed by atoms with E-state index >= 15 is 0 Å². The Hall–Kier alpha value is -3.59. The van der Waals surface area contributed by atoms with E-state index in [1.165, 1.54) is 7.11 Å². The topological polar surface area (TPSA) is 115 Å². The quantitative estimate of drug-likeness (QED) is 0.572. The van der Waals surface area contributed by atoms with E-state index in [1.807, 2.05) is 18.2 Å². The Labute approximate surface area is 199 Å². The van der Waals surface area contributed by atoms with Gasteiger partial charge in [-0.1, -0.05) is 19.1 Å². The van der Waals surface area contributed by atoms with Crippen LogP contribution in [0.15, 0.2) is 36.4 Å². The fourth-order valence-electron chi connectivity index (χ4n) is 4.11. The molecule has 0 aliphatic carbocycles. The van der Waals surface area contributed by atoms with Gasteiger partial charge in [0.25, 0.3) is 0 Å². The van der Waals surface area contributed by atoms with Crippen molar-refractivity contribution in [2.45, 2.75) is 37.9 Å². The van der Waals surface area contributed by atoms with E-state index < -0.39 is 30.0 Å². The molecule has 3 rings (SSSR count). The average molecular weight is 470 g/mol. The Morgan fingerprint density at radius 1 is 0.971 bits per heavy atom. The summed E-state index contributed by atoms with van der Waals surface area (Å²) in [4.78, 5) is 38.6. The van der Waals surface area contributed by atoms with E-state index in [-0.39, 0.29) is 12.3 Å². The van der Waals surface area contributed by atoms with Crippen molar-refractivity contribution < 1.29 is 28.6 Å². The Morgan fingerprint density at radius 2 is 1.62 bits per heavy atom. The smallest absolute Gasteiger partial charge is 0.328 e. The zero-order valence-electron chi connectivity index (χ0n) is 20.1. The lowest BCUT2D eigenvalue weighted by Gasteiger charge is -2.25. The minimum absolute atomic E-state index is 0.195. The lowest BCUT2D eigenvalue weighted by atomic mass is 9.94. The third-order valence-electron chi connectivity index (χ3n) is 5.95. The summed E-state index contributed by atoms with van der Waals surface area (Å²) in [5.41, 5.74) is 2.95. The first-order chi connectivity index (χ1) is 16.4. The first kappa shape index (κ1) is 25.0. The third-order valence-corrected chi connectivity index (χ3v) is 5.95. The lowest BCUT2D eigenvalue weighted by molar-refractivity contribution is -0.145. The number of ether oxygens (including phenoxy) is 3. The molecule has 2 aromatic carbocycles. The minimum Gasteiger partial charge on any atom is -0.496 e. The molecule has 0 spiro atoms. The molecule has 0 saturated heterocycles. The summed E-state index contributed by atoms with van der Waals surface area (Å²) in [6.45, 7) is 1.79. The molecule has 182 valence electrons. The standard InChI is InChI=1S/C25H31N3O6/c1-6-18-23(29)28-19(25(31)34-5)12-14-7-9-20(32-3)16(11-14)17-13-15(8-10-21(17)33-4)22(26-2)24(30)27-18/h7-11,13,18-19,22,26H,6,12H2,1-5H3,(H,27,30)(H,28,29)/t18-,19?,22-/m0/s1. The minimum atomic E-state index is -0.930.